The predicted molar refractivity (Wildman–Crippen MR) is 100 cm³/mol. The number of anilines is 2. The van der Waals surface area contributed by atoms with Crippen molar-refractivity contribution >= 4 is 35.5 Å². The maximum atomic E-state index is 13.5. The number of carbonyl (C=O) groups is 3. The van der Waals surface area contributed by atoms with Crippen LogP contribution < -0.4 is 15.1 Å². The third kappa shape index (κ3) is 3.40. The van der Waals surface area contributed by atoms with E-state index < -0.39 is 23.7 Å². The molecule has 8 heteroatoms. The number of hydrogen-bond acceptors (Lipinski definition) is 5. The number of benzene rings is 1. The van der Waals surface area contributed by atoms with E-state index in [-0.39, 0.29) is 11.3 Å². The Balaban J connectivity index is 1.63. The van der Waals surface area contributed by atoms with Crippen LogP contribution in [0.15, 0.2) is 46.4 Å². The zero-order valence-electron chi connectivity index (χ0n) is 15.0. The fourth-order valence-electron chi connectivity index (χ4n) is 3.35. The zero-order chi connectivity index (χ0) is 19.7. The first kappa shape index (κ1) is 18.0. The second kappa shape index (κ2) is 7.30. The summed E-state index contributed by atoms with van der Waals surface area (Å²) in [5, 5.41) is 2.10. The Morgan fingerprint density at radius 2 is 1.82 bits per heavy atom. The normalized spacial score (nSPS) is 19.3. The summed E-state index contributed by atoms with van der Waals surface area (Å²) in [6.07, 6.45) is 4.65. The van der Waals surface area contributed by atoms with Gasteiger partial charge in [-0.15, -0.1) is 0 Å². The molecule has 1 aromatic carbocycles. The lowest BCUT2D eigenvalue weighted by molar-refractivity contribution is -0.122. The van der Waals surface area contributed by atoms with E-state index in [1.54, 1.807) is 12.1 Å². The van der Waals surface area contributed by atoms with Crippen LogP contribution >= 0.6 is 0 Å². The Bertz CT molecular complexity index is 975. The Kier molecular flexibility index (Phi) is 4.68. The predicted octanol–water partition coefficient (Wildman–Crippen LogP) is 3.08. The lowest BCUT2D eigenvalue weighted by Crippen LogP contribution is -2.54. The summed E-state index contributed by atoms with van der Waals surface area (Å²) in [7, 11) is 0. The molecule has 0 saturated carbocycles. The van der Waals surface area contributed by atoms with Crippen molar-refractivity contribution in [1.29, 1.82) is 0 Å². The van der Waals surface area contributed by atoms with Gasteiger partial charge in [0.2, 0.25) is 0 Å². The van der Waals surface area contributed by atoms with Crippen LogP contribution in [0.1, 0.15) is 25.0 Å². The fourth-order valence-corrected chi connectivity index (χ4v) is 3.35. The van der Waals surface area contributed by atoms with Gasteiger partial charge in [-0.3, -0.25) is 14.9 Å². The highest BCUT2D eigenvalue weighted by Gasteiger charge is 2.37. The van der Waals surface area contributed by atoms with Gasteiger partial charge in [-0.1, -0.05) is 6.07 Å². The highest BCUT2D eigenvalue weighted by atomic mass is 19.1. The van der Waals surface area contributed by atoms with Crippen molar-refractivity contribution < 1.29 is 23.2 Å². The van der Waals surface area contributed by atoms with E-state index in [0.717, 1.165) is 36.9 Å². The summed E-state index contributed by atoms with van der Waals surface area (Å²) in [4.78, 5) is 39.9. The van der Waals surface area contributed by atoms with Gasteiger partial charge in [-0.2, -0.15) is 0 Å². The highest BCUT2D eigenvalue weighted by molar-refractivity contribution is 6.39. The van der Waals surface area contributed by atoms with E-state index in [9.17, 15) is 18.8 Å². The van der Waals surface area contributed by atoms with Crippen molar-refractivity contribution in [2.45, 2.75) is 19.3 Å². The molecular formula is C20H18FN3O4. The number of halogens is 1. The standard InChI is InChI=1S/C20H18FN3O4/c21-13-5-4-6-14(11-13)24-19(26)16(18(25)22-20(24)27)12-15-7-8-17(28-15)23-9-2-1-3-10-23/h4-8,11-12H,1-3,9-10H2,(H,22,25,27). The number of carbonyl (C=O) groups excluding carboxylic acids is 3. The monoisotopic (exact) mass is 383 g/mol. The van der Waals surface area contributed by atoms with Crippen LogP contribution in [0, 0.1) is 5.82 Å². The topological polar surface area (TPSA) is 82.9 Å². The molecule has 144 valence electrons. The highest BCUT2D eigenvalue weighted by Crippen LogP contribution is 2.26. The van der Waals surface area contributed by atoms with Gasteiger partial charge < -0.3 is 9.32 Å². The molecule has 2 aromatic rings. The second-order valence-corrected chi connectivity index (χ2v) is 6.66. The number of rotatable bonds is 3. The van der Waals surface area contributed by atoms with E-state index in [0.29, 0.717) is 11.6 Å². The van der Waals surface area contributed by atoms with E-state index in [1.807, 2.05) is 0 Å². The molecule has 0 radical (unpaired) electrons. The minimum absolute atomic E-state index is 0.0364. The summed E-state index contributed by atoms with van der Waals surface area (Å²) in [5.41, 5.74) is -0.224. The van der Waals surface area contributed by atoms with Crippen LogP contribution in [0.5, 0.6) is 0 Å². The van der Waals surface area contributed by atoms with Gasteiger partial charge in [0.25, 0.3) is 11.8 Å². The Morgan fingerprint density at radius 3 is 2.57 bits per heavy atom. The smallest absolute Gasteiger partial charge is 0.335 e. The summed E-state index contributed by atoms with van der Waals surface area (Å²) in [6, 6.07) is 7.57. The SMILES string of the molecule is O=C1NC(=O)N(c2cccc(F)c2)C(=O)C1=Cc1ccc(N2CCCCC2)o1. The Labute approximate surface area is 160 Å². The molecule has 2 fully saturated rings. The average Bonchev–Trinajstić information content (AvgIpc) is 3.14. The molecule has 2 aliphatic rings. The lowest BCUT2D eigenvalue weighted by Gasteiger charge is -2.26. The van der Waals surface area contributed by atoms with Crippen molar-refractivity contribution in [1.82, 2.24) is 5.32 Å². The van der Waals surface area contributed by atoms with Crippen LogP contribution in [0.4, 0.5) is 20.8 Å². The van der Waals surface area contributed by atoms with E-state index in [1.165, 1.54) is 30.7 Å². The molecule has 7 nitrogen and oxygen atoms in total. The molecule has 2 saturated heterocycles. The van der Waals surface area contributed by atoms with E-state index in [2.05, 4.69) is 10.2 Å². The number of amides is 4. The van der Waals surface area contributed by atoms with Gasteiger partial charge in [-0.25, -0.2) is 14.1 Å². The summed E-state index contributed by atoms with van der Waals surface area (Å²) in [5.74, 6) is -1.26. The van der Waals surface area contributed by atoms with Crippen LogP contribution in [-0.2, 0) is 9.59 Å². The van der Waals surface area contributed by atoms with Gasteiger partial charge in [0.05, 0.1) is 5.69 Å². The third-order valence-corrected chi connectivity index (χ3v) is 4.74. The first-order valence-electron chi connectivity index (χ1n) is 9.05. The van der Waals surface area contributed by atoms with Gasteiger partial charge in [-0.05, 0) is 49.6 Å². The van der Waals surface area contributed by atoms with Crippen LogP contribution in [0.25, 0.3) is 6.08 Å². The molecule has 0 aliphatic carbocycles. The summed E-state index contributed by atoms with van der Waals surface area (Å²) >= 11 is 0. The van der Waals surface area contributed by atoms with E-state index >= 15 is 0 Å². The Morgan fingerprint density at radius 1 is 1.04 bits per heavy atom. The molecule has 4 amide bonds. The van der Waals surface area contributed by atoms with Crippen LogP contribution in [-0.4, -0.2) is 30.9 Å². The second-order valence-electron chi connectivity index (χ2n) is 6.66. The number of barbiturate groups is 1. The van der Waals surface area contributed by atoms with Gasteiger partial charge >= 0.3 is 6.03 Å². The summed E-state index contributed by atoms with van der Waals surface area (Å²) in [6.45, 7) is 1.79. The van der Waals surface area contributed by atoms with Crippen molar-refractivity contribution in [2.75, 3.05) is 22.9 Å². The molecule has 28 heavy (non-hydrogen) atoms. The number of urea groups is 1. The van der Waals surface area contributed by atoms with Crippen molar-refractivity contribution in [2.24, 2.45) is 0 Å². The van der Waals surface area contributed by atoms with Crippen molar-refractivity contribution in [3.05, 3.63) is 53.5 Å². The fraction of sp³-hybridized carbons (Fsp3) is 0.250. The van der Waals surface area contributed by atoms with E-state index in [4.69, 9.17) is 4.42 Å². The van der Waals surface area contributed by atoms with Crippen molar-refractivity contribution in [3.63, 3.8) is 0 Å². The lowest BCUT2D eigenvalue weighted by atomic mass is 10.1. The number of nitrogens with zero attached hydrogens (tertiary/aromatic N) is 2. The van der Waals surface area contributed by atoms with Gasteiger partial charge in [0, 0.05) is 19.2 Å². The third-order valence-electron chi connectivity index (χ3n) is 4.74. The Hall–Kier alpha value is -3.42. The number of imide groups is 2. The van der Waals surface area contributed by atoms with Gasteiger partial charge in [0.1, 0.15) is 17.2 Å². The molecule has 2 aliphatic heterocycles. The summed E-state index contributed by atoms with van der Waals surface area (Å²) < 4.78 is 19.3. The molecular weight excluding hydrogens is 365 g/mol. The maximum Gasteiger partial charge on any atom is 0.335 e. The van der Waals surface area contributed by atoms with Crippen molar-refractivity contribution in [3.8, 4) is 0 Å². The van der Waals surface area contributed by atoms with Crippen LogP contribution in [0.3, 0.4) is 0 Å². The number of piperidine rings is 1. The molecule has 1 N–H and O–H groups in total. The molecule has 1 aromatic heterocycles. The molecule has 3 heterocycles. The first-order chi connectivity index (χ1) is 13.5. The molecule has 4 rings (SSSR count). The largest absolute Gasteiger partial charge is 0.441 e. The molecule has 0 spiro atoms. The quantitative estimate of drug-likeness (QED) is 0.651. The first-order valence-corrected chi connectivity index (χ1v) is 9.05. The zero-order valence-corrected chi connectivity index (χ0v) is 15.0. The molecule has 0 unspecified atom stereocenters. The molecule has 0 bridgehead atoms. The van der Waals surface area contributed by atoms with Gasteiger partial charge in [0.15, 0.2) is 5.88 Å². The maximum absolute atomic E-state index is 13.5. The molecule has 0 atom stereocenters. The average molecular weight is 383 g/mol. The number of hydrogen-bond donors (Lipinski definition) is 1. The number of furan rings is 1. The minimum atomic E-state index is -0.925. The number of nitrogens with one attached hydrogen (secondary N) is 1. The van der Waals surface area contributed by atoms with Crippen LogP contribution in [0.2, 0.25) is 0 Å². The minimum Gasteiger partial charge on any atom is -0.441 e.